The molecule has 0 aliphatic carbocycles. The molecule has 0 radical (unpaired) electrons. The molecule has 0 saturated heterocycles. The number of nitrogens with zero attached hydrogens (tertiary/aromatic N) is 1. The van der Waals surface area contributed by atoms with E-state index in [1.165, 1.54) is 0 Å². The van der Waals surface area contributed by atoms with Crippen molar-refractivity contribution in [2.75, 3.05) is 6.61 Å². The van der Waals surface area contributed by atoms with Crippen molar-refractivity contribution in [3.63, 3.8) is 0 Å². The topological polar surface area (TPSA) is 96.9 Å². The molecule has 0 saturated carbocycles. The maximum atomic E-state index is 10.5. The Bertz CT molecular complexity index is 1420. The number of aliphatic hydroxyl groups is 1. The van der Waals surface area contributed by atoms with Crippen LogP contribution in [-0.2, 0) is 0 Å². The first-order valence-electron chi connectivity index (χ1n) is 11.2. The summed E-state index contributed by atoms with van der Waals surface area (Å²) in [5.74, 6) is 0.229. The van der Waals surface area contributed by atoms with Crippen LogP contribution in [0.3, 0.4) is 0 Å². The van der Waals surface area contributed by atoms with Gasteiger partial charge in [0.05, 0.1) is 12.6 Å². The molecule has 0 bridgehead atoms. The van der Waals surface area contributed by atoms with Crippen LogP contribution in [0.4, 0.5) is 0 Å². The van der Waals surface area contributed by atoms with Gasteiger partial charge in [0.2, 0.25) is 0 Å². The summed E-state index contributed by atoms with van der Waals surface area (Å²) in [6.45, 7) is 5.66. The smallest absolute Gasteiger partial charge is 0.124 e. The van der Waals surface area contributed by atoms with Crippen molar-refractivity contribution in [3.8, 4) is 33.8 Å². The van der Waals surface area contributed by atoms with Crippen LogP contribution in [-0.4, -0.2) is 40.4 Å². The third-order valence-electron chi connectivity index (χ3n) is 6.12. The molecule has 1 unspecified atom stereocenters. The normalized spacial score (nSPS) is 12.4. The van der Waals surface area contributed by atoms with Crippen LogP contribution in [0.1, 0.15) is 29.2 Å². The highest BCUT2D eigenvalue weighted by atomic mass is 16.3. The van der Waals surface area contributed by atoms with E-state index in [2.05, 4.69) is 29.3 Å². The van der Waals surface area contributed by atoms with E-state index in [1.54, 1.807) is 18.3 Å². The number of hydrogen-bond acceptors (Lipinski definition) is 5. The molecular formula is C29H28N2O3. The first kappa shape index (κ1) is 23.2. The monoisotopic (exact) mass is 452 g/mol. The number of benzene rings is 4. The predicted octanol–water partition coefficient (Wildman–Crippen LogP) is 6.00. The third-order valence-corrected chi connectivity index (χ3v) is 6.12. The number of aromatic hydroxyl groups is 2. The zero-order valence-corrected chi connectivity index (χ0v) is 19.5. The summed E-state index contributed by atoms with van der Waals surface area (Å²) >= 11 is 0. The third kappa shape index (κ3) is 4.30. The first-order chi connectivity index (χ1) is 16.3. The van der Waals surface area contributed by atoms with E-state index in [0.717, 1.165) is 50.4 Å². The van der Waals surface area contributed by atoms with Gasteiger partial charge < -0.3 is 20.7 Å². The van der Waals surface area contributed by atoms with Gasteiger partial charge in [-0.25, -0.2) is 0 Å². The molecule has 172 valence electrons. The number of phenolic OH excluding ortho intramolecular Hbond substituents is 2. The minimum atomic E-state index is -0.256. The van der Waals surface area contributed by atoms with Gasteiger partial charge in [-0.2, -0.15) is 0 Å². The molecule has 4 aromatic rings. The van der Waals surface area contributed by atoms with Crippen LogP contribution >= 0.6 is 0 Å². The molecule has 0 aromatic heterocycles. The van der Waals surface area contributed by atoms with E-state index in [1.807, 2.05) is 45.0 Å². The van der Waals surface area contributed by atoms with Crippen molar-refractivity contribution in [3.05, 3.63) is 82.9 Å². The second-order valence-corrected chi connectivity index (χ2v) is 8.62. The van der Waals surface area contributed by atoms with Crippen LogP contribution in [0.5, 0.6) is 11.5 Å². The Morgan fingerprint density at radius 2 is 1.35 bits per heavy atom. The Kier molecular flexibility index (Phi) is 6.48. The molecule has 0 heterocycles. The van der Waals surface area contributed by atoms with Crippen molar-refractivity contribution in [2.45, 2.75) is 26.8 Å². The average molecular weight is 453 g/mol. The van der Waals surface area contributed by atoms with Gasteiger partial charge >= 0.3 is 0 Å². The van der Waals surface area contributed by atoms with Gasteiger partial charge in [-0.05, 0) is 89.2 Å². The lowest BCUT2D eigenvalue weighted by Crippen LogP contribution is -2.04. The number of aliphatic hydroxyl groups excluding tert-OH is 1. The fourth-order valence-corrected chi connectivity index (χ4v) is 4.26. The van der Waals surface area contributed by atoms with E-state index in [4.69, 9.17) is 5.41 Å². The van der Waals surface area contributed by atoms with E-state index < -0.39 is 0 Å². The summed E-state index contributed by atoms with van der Waals surface area (Å²) in [7, 11) is 0. The molecule has 0 fully saturated rings. The number of nitrogens with one attached hydrogen (secondary N) is 1. The Labute approximate surface area is 199 Å². The van der Waals surface area contributed by atoms with Gasteiger partial charge in [0, 0.05) is 23.6 Å². The van der Waals surface area contributed by atoms with Gasteiger partial charge in [-0.15, -0.1) is 0 Å². The highest BCUT2D eigenvalue weighted by Crippen LogP contribution is 2.40. The Morgan fingerprint density at radius 3 is 1.88 bits per heavy atom. The fourth-order valence-electron chi connectivity index (χ4n) is 4.26. The first-order valence-corrected chi connectivity index (χ1v) is 11.2. The van der Waals surface area contributed by atoms with Crippen LogP contribution < -0.4 is 0 Å². The molecule has 4 aromatic carbocycles. The van der Waals surface area contributed by atoms with Crippen LogP contribution in [0, 0.1) is 19.3 Å². The van der Waals surface area contributed by atoms with E-state index in [0.29, 0.717) is 11.1 Å². The number of phenols is 2. The lowest BCUT2D eigenvalue weighted by atomic mass is 9.87. The summed E-state index contributed by atoms with van der Waals surface area (Å²) in [6.07, 6.45) is 2.76. The van der Waals surface area contributed by atoms with Crippen molar-refractivity contribution in [2.24, 2.45) is 4.99 Å². The lowest BCUT2D eigenvalue weighted by molar-refractivity contribution is 0.275. The van der Waals surface area contributed by atoms with Gasteiger partial charge in [0.15, 0.2) is 0 Å². The fraction of sp³-hybridized carbons (Fsp3) is 0.172. The van der Waals surface area contributed by atoms with Crippen molar-refractivity contribution in [1.29, 1.82) is 5.41 Å². The molecule has 4 rings (SSSR count). The SMILES string of the molecule is Cc1cc(O)c(C=N)cc1-c1cccc2cccc(-c3cc(C=NC(C)CO)c(O)cc3C)c12. The molecule has 0 amide bonds. The van der Waals surface area contributed by atoms with E-state index >= 15 is 0 Å². The van der Waals surface area contributed by atoms with Crippen LogP contribution in [0.25, 0.3) is 33.0 Å². The second-order valence-electron chi connectivity index (χ2n) is 8.62. The quantitative estimate of drug-likeness (QED) is 0.270. The number of rotatable bonds is 6. The van der Waals surface area contributed by atoms with Gasteiger partial charge in [0.1, 0.15) is 11.5 Å². The highest BCUT2D eigenvalue weighted by molar-refractivity contribution is 6.08. The number of aryl methyl sites for hydroxylation is 2. The van der Waals surface area contributed by atoms with Crippen LogP contribution in [0.2, 0.25) is 0 Å². The largest absolute Gasteiger partial charge is 0.507 e. The minimum Gasteiger partial charge on any atom is -0.507 e. The number of hydrogen-bond donors (Lipinski definition) is 4. The second kappa shape index (κ2) is 9.49. The van der Waals surface area contributed by atoms with Gasteiger partial charge in [-0.3, -0.25) is 4.99 Å². The maximum absolute atomic E-state index is 10.5. The summed E-state index contributed by atoms with van der Waals surface area (Å²) in [6, 6.07) is 19.2. The van der Waals surface area contributed by atoms with Crippen molar-refractivity contribution < 1.29 is 15.3 Å². The Hall–Kier alpha value is -3.96. The minimum absolute atomic E-state index is 0.0631. The summed E-state index contributed by atoms with van der Waals surface area (Å²) in [4.78, 5) is 4.32. The molecule has 0 aliphatic heterocycles. The zero-order valence-electron chi connectivity index (χ0n) is 19.5. The van der Waals surface area contributed by atoms with Gasteiger partial charge in [-0.1, -0.05) is 36.4 Å². The Morgan fingerprint density at radius 1 is 0.824 bits per heavy atom. The predicted molar refractivity (Wildman–Crippen MR) is 140 cm³/mol. The Balaban J connectivity index is 2.00. The van der Waals surface area contributed by atoms with E-state index in [-0.39, 0.29) is 24.1 Å². The number of aliphatic imine (C=N–C) groups is 1. The van der Waals surface area contributed by atoms with Gasteiger partial charge in [0.25, 0.3) is 0 Å². The summed E-state index contributed by atoms with van der Waals surface area (Å²) < 4.78 is 0. The molecule has 5 nitrogen and oxygen atoms in total. The van der Waals surface area contributed by atoms with E-state index in [9.17, 15) is 15.3 Å². The molecule has 5 heteroatoms. The lowest BCUT2D eigenvalue weighted by Gasteiger charge is -2.17. The molecule has 0 spiro atoms. The van der Waals surface area contributed by atoms with Crippen LogP contribution in [0.15, 0.2) is 65.7 Å². The molecule has 0 aliphatic rings. The maximum Gasteiger partial charge on any atom is 0.124 e. The zero-order chi connectivity index (χ0) is 24.4. The molecule has 4 N–H and O–H groups in total. The summed E-state index contributed by atoms with van der Waals surface area (Å²) in [5, 5.41) is 39.8. The number of fused-ring (bicyclic) bond motifs is 1. The average Bonchev–Trinajstić information content (AvgIpc) is 2.83. The van der Waals surface area contributed by atoms with Crippen molar-refractivity contribution >= 4 is 23.2 Å². The molecule has 1 atom stereocenters. The van der Waals surface area contributed by atoms with Crippen molar-refractivity contribution in [1.82, 2.24) is 0 Å². The standard InChI is InChI=1S/C29H28N2O3/c1-17-10-27(33)21(14-30)12-25(17)23-8-4-6-20-7-5-9-24(29(20)23)26-13-22(15-31-19(3)16-32)28(34)11-18(26)2/h4-15,19,30,32-34H,16H2,1-3H3. The molecular weight excluding hydrogens is 424 g/mol. The molecule has 34 heavy (non-hydrogen) atoms. The highest BCUT2D eigenvalue weighted by Gasteiger charge is 2.16. The summed E-state index contributed by atoms with van der Waals surface area (Å²) in [5.41, 5.74) is 6.83.